The van der Waals surface area contributed by atoms with Gasteiger partial charge < -0.3 is 14.8 Å². The van der Waals surface area contributed by atoms with Crippen LogP contribution >= 0.6 is 0 Å². The Balaban J connectivity index is 1.89. The molecule has 1 aliphatic carbocycles. The van der Waals surface area contributed by atoms with Gasteiger partial charge in [0.2, 0.25) is 0 Å². The number of nitrogens with one attached hydrogen (secondary N) is 1. The fraction of sp³-hybridized carbons (Fsp3) is 0.600. The number of methoxy groups -OCH3 is 1. The lowest BCUT2D eigenvalue weighted by atomic mass is 10.1. The van der Waals surface area contributed by atoms with Crippen molar-refractivity contribution in [1.82, 2.24) is 5.32 Å². The molecule has 100 valence electrons. The second-order valence-electron chi connectivity index (χ2n) is 5.26. The van der Waals surface area contributed by atoms with E-state index in [1.165, 1.54) is 12.8 Å². The zero-order chi connectivity index (χ0) is 13.0. The smallest absolute Gasteiger partial charge is 0.120 e. The third kappa shape index (κ3) is 3.91. The quantitative estimate of drug-likeness (QED) is 0.806. The molecule has 0 radical (unpaired) electrons. The van der Waals surface area contributed by atoms with Crippen molar-refractivity contribution in [3.05, 3.63) is 24.3 Å². The molecule has 2 rings (SSSR count). The van der Waals surface area contributed by atoms with E-state index in [2.05, 4.69) is 19.2 Å². The second-order valence-corrected chi connectivity index (χ2v) is 5.26. The van der Waals surface area contributed by atoms with Gasteiger partial charge in [0, 0.05) is 12.6 Å². The van der Waals surface area contributed by atoms with Gasteiger partial charge in [0.05, 0.1) is 7.11 Å². The van der Waals surface area contributed by atoms with Crippen LogP contribution in [-0.2, 0) is 0 Å². The summed E-state index contributed by atoms with van der Waals surface area (Å²) in [5, 5.41) is 3.53. The standard InChI is InChI=1S/C15H23NO2/c1-11(2)15(10-16-12-4-5-12)18-14-8-6-13(17-3)7-9-14/h6-9,11-12,15-16H,4-5,10H2,1-3H3. The lowest BCUT2D eigenvalue weighted by Crippen LogP contribution is -2.36. The molecule has 3 heteroatoms. The van der Waals surface area contributed by atoms with Crippen LogP contribution in [0.25, 0.3) is 0 Å². The lowest BCUT2D eigenvalue weighted by Gasteiger charge is -2.23. The van der Waals surface area contributed by atoms with Crippen LogP contribution in [0.2, 0.25) is 0 Å². The largest absolute Gasteiger partial charge is 0.497 e. The third-order valence-corrected chi connectivity index (χ3v) is 3.28. The predicted molar refractivity (Wildman–Crippen MR) is 73.3 cm³/mol. The fourth-order valence-electron chi connectivity index (χ4n) is 1.81. The monoisotopic (exact) mass is 249 g/mol. The van der Waals surface area contributed by atoms with E-state index >= 15 is 0 Å². The minimum atomic E-state index is 0.221. The summed E-state index contributed by atoms with van der Waals surface area (Å²) in [7, 11) is 1.67. The maximum atomic E-state index is 6.04. The summed E-state index contributed by atoms with van der Waals surface area (Å²) < 4.78 is 11.2. The van der Waals surface area contributed by atoms with E-state index in [0.29, 0.717) is 5.92 Å². The van der Waals surface area contributed by atoms with E-state index in [1.807, 2.05) is 24.3 Å². The molecule has 1 N–H and O–H groups in total. The minimum Gasteiger partial charge on any atom is -0.497 e. The zero-order valence-corrected chi connectivity index (χ0v) is 11.5. The molecule has 0 spiro atoms. The highest BCUT2D eigenvalue weighted by Crippen LogP contribution is 2.22. The average Bonchev–Trinajstić information content (AvgIpc) is 3.19. The molecule has 0 heterocycles. The molecular formula is C15H23NO2. The number of hydrogen-bond donors (Lipinski definition) is 1. The van der Waals surface area contributed by atoms with Crippen molar-refractivity contribution >= 4 is 0 Å². The molecule has 0 aliphatic heterocycles. The van der Waals surface area contributed by atoms with Crippen molar-refractivity contribution in [3.8, 4) is 11.5 Å². The molecule has 1 unspecified atom stereocenters. The van der Waals surface area contributed by atoms with Crippen LogP contribution in [-0.4, -0.2) is 25.8 Å². The Hall–Kier alpha value is -1.22. The summed E-state index contributed by atoms with van der Waals surface area (Å²) in [5.41, 5.74) is 0. The highest BCUT2D eigenvalue weighted by Gasteiger charge is 2.23. The Morgan fingerprint density at radius 1 is 1.17 bits per heavy atom. The number of ether oxygens (including phenoxy) is 2. The number of hydrogen-bond acceptors (Lipinski definition) is 3. The summed E-state index contributed by atoms with van der Waals surface area (Å²) in [5.74, 6) is 2.27. The molecule has 1 fully saturated rings. The van der Waals surface area contributed by atoms with Crippen molar-refractivity contribution in [2.45, 2.75) is 38.8 Å². The summed E-state index contributed by atoms with van der Waals surface area (Å²) in [4.78, 5) is 0. The van der Waals surface area contributed by atoms with E-state index < -0.39 is 0 Å². The van der Waals surface area contributed by atoms with Gasteiger partial charge in [-0.2, -0.15) is 0 Å². The van der Waals surface area contributed by atoms with Crippen molar-refractivity contribution in [2.24, 2.45) is 5.92 Å². The van der Waals surface area contributed by atoms with Gasteiger partial charge in [0.25, 0.3) is 0 Å². The Morgan fingerprint density at radius 3 is 2.28 bits per heavy atom. The van der Waals surface area contributed by atoms with Gasteiger partial charge in [-0.1, -0.05) is 13.8 Å². The average molecular weight is 249 g/mol. The molecule has 18 heavy (non-hydrogen) atoms. The maximum absolute atomic E-state index is 6.04. The van der Waals surface area contributed by atoms with E-state index in [0.717, 1.165) is 24.1 Å². The van der Waals surface area contributed by atoms with Gasteiger partial charge in [-0.3, -0.25) is 0 Å². The summed E-state index contributed by atoms with van der Waals surface area (Å²) >= 11 is 0. The fourth-order valence-corrected chi connectivity index (χ4v) is 1.81. The maximum Gasteiger partial charge on any atom is 0.120 e. The van der Waals surface area contributed by atoms with Crippen LogP contribution in [0.5, 0.6) is 11.5 Å². The van der Waals surface area contributed by atoms with Crippen LogP contribution in [0.1, 0.15) is 26.7 Å². The first-order valence-electron chi connectivity index (χ1n) is 6.73. The van der Waals surface area contributed by atoms with Gasteiger partial charge in [-0.05, 0) is 43.0 Å². The van der Waals surface area contributed by atoms with Gasteiger partial charge in [0.1, 0.15) is 17.6 Å². The van der Waals surface area contributed by atoms with Gasteiger partial charge in [-0.25, -0.2) is 0 Å². The Kier molecular flexibility index (Phi) is 4.48. The molecule has 1 saturated carbocycles. The summed E-state index contributed by atoms with van der Waals surface area (Å²) in [6, 6.07) is 8.52. The molecule has 3 nitrogen and oxygen atoms in total. The minimum absolute atomic E-state index is 0.221. The Labute approximate surface area is 109 Å². The van der Waals surface area contributed by atoms with Crippen molar-refractivity contribution in [1.29, 1.82) is 0 Å². The second kappa shape index (κ2) is 6.10. The molecule has 1 aliphatic rings. The topological polar surface area (TPSA) is 30.5 Å². The zero-order valence-electron chi connectivity index (χ0n) is 11.5. The summed E-state index contributed by atoms with van der Waals surface area (Å²) in [6.07, 6.45) is 2.85. The molecule has 0 amide bonds. The predicted octanol–water partition coefficient (Wildman–Crippen LogP) is 2.85. The number of benzene rings is 1. The molecule has 1 aromatic rings. The highest BCUT2D eigenvalue weighted by atomic mass is 16.5. The first-order valence-corrected chi connectivity index (χ1v) is 6.73. The van der Waals surface area contributed by atoms with E-state index in [1.54, 1.807) is 7.11 Å². The van der Waals surface area contributed by atoms with Crippen molar-refractivity contribution in [2.75, 3.05) is 13.7 Å². The van der Waals surface area contributed by atoms with Gasteiger partial charge in [-0.15, -0.1) is 0 Å². The normalized spacial score (nSPS) is 16.7. The summed E-state index contributed by atoms with van der Waals surface area (Å²) in [6.45, 7) is 5.32. The van der Waals surface area contributed by atoms with Crippen molar-refractivity contribution in [3.63, 3.8) is 0 Å². The Morgan fingerprint density at radius 2 is 1.78 bits per heavy atom. The van der Waals surface area contributed by atoms with E-state index in [9.17, 15) is 0 Å². The first-order chi connectivity index (χ1) is 8.69. The molecule has 0 saturated heterocycles. The highest BCUT2D eigenvalue weighted by molar-refractivity contribution is 5.31. The van der Waals surface area contributed by atoms with Gasteiger partial charge >= 0.3 is 0 Å². The van der Waals surface area contributed by atoms with E-state index in [4.69, 9.17) is 9.47 Å². The molecule has 1 aromatic carbocycles. The van der Waals surface area contributed by atoms with Gasteiger partial charge in [0.15, 0.2) is 0 Å². The van der Waals surface area contributed by atoms with Crippen LogP contribution in [0.15, 0.2) is 24.3 Å². The molecule has 0 bridgehead atoms. The van der Waals surface area contributed by atoms with Crippen LogP contribution in [0.4, 0.5) is 0 Å². The van der Waals surface area contributed by atoms with Crippen LogP contribution < -0.4 is 14.8 Å². The number of rotatable bonds is 7. The van der Waals surface area contributed by atoms with Crippen LogP contribution in [0.3, 0.4) is 0 Å². The third-order valence-electron chi connectivity index (χ3n) is 3.28. The van der Waals surface area contributed by atoms with Crippen molar-refractivity contribution < 1.29 is 9.47 Å². The lowest BCUT2D eigenvalue weighted by molar-refractivity contribution is 0.148. The molecule has 0 aromatic heterocycles. The molecular weight excluding hydrogens is 226 g/mol. The molecule has 1 atom stereocenters. The SMILES string of the molecule is COc1ccc(OC(CNC2CC2)C(C)C)cc1. The first kappa shape index (κ1) is 13.2. The van der Waals surface area contributed by atoms with E-state index in [-0.39, 0.29) is 6.10 Å². The van der Waals surface area contributed by atoms with Crippen LogP contribution in [0, 0.1) is 5.92 Å². The Bertz CT molecular complexity index is 357.